The number of carbonyl (C=O) groups is 1. The van der Waals surface area contributed by atoms with Crippen molar-refractivity contribution in [3.63, 3.8) is 0 Å². The van der Waals surface area contributed by atoms with Crippen molar-refractivity contribution in [1.29, 1.82) is 0 Å². The van der Waals surface area contributed by atoms with Crippen molar-refractivity contribution < 1.29 is 23.4 Å². The van der Waals surface area contributed by atoms with Gasteiger partial charge in [0.15, 0.2) is 0 Å². The topological polar surface area (TPSA) is 121 Å². The van der Waals surface area contributed by atoms with Crippen molar-refractivity contribution >= 4 is 33.0 Å². The van der Waals surface area contributed by atoms with Crippen molar-refractivity contribution in [2.75, 3.05) is 17.1 Å². The molecule has 0 aliphatic rings. The first kappa shape index (κ1) is 20.7. The Morgan fingerprint density at radius 2 is 1.97 bits per heavy atom. The van der Waals surface area contributed by atoms with Crippen LogP contribution in [-0.4, -0.2) is 47.4 Å². The van der Waals surface area contributed by atoms with Crippen molar-refractivity contribution in [2.45, 2.75) is 12.8 Å². The highest BCUT2D eigenvalue weighted by Crippen LogP contribution is 2.30. The van der Waals surface area contributed by atoms with E-state index in [1.165, 1.54) is 21.7 Å². The molecular formula is C19H19N3O5S2. The van der Waals surface area contributed by atoms with Gasteiger partial charge in [-0.3, -0.25) is 9.10 Å². The van der Waals surface area contributed by atoms with Crippen LogP contribution in [0.4, 0.5) is 5.69 Å². The molecule has 0 bridgehead atoms. The fraction of sp³-hybridized carbons (Fsp3) is 0.211. The summed E-state index contributed by atoms with van der Waals surface area (Å²) in [6, 6.07) is 10.3. The zero-order chi connectivity index (χ0) is 21.0. The van der Waals surface area contributed by atoms with Gasteiger partial charge in [-0.05, 0) is 30.2 Å². The van der Waals surface area contributed by atoms with Gasteiger partial charge in [0.2, 0.25) is 10.0 Å². The Balaban J connectivity index is 1.76. The van der Waals surface area contributed by atoms with Gasteiger partial charge < -0.3 is 10.2 Å². The maximum atomic E-state index is 12.2. The van der Waals surface area contributed by atoms with Crippen molar-refractivity contribution in [3.8, 4) is 16.5 Å². The van der Waals surface area contributed by atoms with Gasteiger partial charge in [0, 0.05) is 18.1 Å². The number of anilines is 1. The Morgan fingerprint density at radius 3 is 2.59 bits per heavy atom. The number of aromatic hydroxyl groups is 1. The van der Waals surface area contributed by atoms with Gasteiger partial charge in [-0.25, -0.2) is 18.4 Å². The van der Waals surface area contributed by atoms with Crippen LogP contribution in [0.2, 0.25) is 0 Å². The van der Waals surface area contributed by atoms with Gasteiger partial charge >= 0.3 is 5.97 Å². The Kier molecular flexibility index (Phi) is 6.14. The van der Waals surface area contributed by atoms with E-state index in [1.807, 2.05) is 6.07 Å². The monoisotopic (exact) mass is 433 g/mol. The average molecular weight is 434 g/mol. The van der Waals surface area contributed by atoms with Crippen molar-refractivity contribution in [1.82, 2.24) is 9.97 Å². The molecule has 3 rings (SSSR count). The number of para-hydroxylation sites is 1. The van der Waals surface area contributed by atoms with Crippen LogP contribution in [0.1, 0.15) is 11.3 Å². The number of thiazole rings is 1. The van der Waals surface area contributed by atoms with E-state index in [9.17, 15) is 18.3 Å². The molecule has 0 saturated heterocycles. The summed E-state index contributed by atoms with van der Waals surface area (Å²) in [7, 11) is -3.46. The number of nitrogens with zero attached hydrogens (tertiary/aromatic N) is 3. The Bertz CT molecular complexity index is 1110. The number of pyridine rings is 1. The SMILES string of the molecule is CS(=O)(=O)N(CCc1cnc(-c2nc(CC(=O)O)cs2)c(O)c1)c1ccccc1. The molecule has 3 aromatic rings. The van der Waals surface area contributed by atoms with Crippen LogP contribution in [0.3, 0.4) is 0 Å². The van der Waals surface area contributed by atoms with Gasteiger partial charge in [-0.2, -0.15) is 0 Å². The van der Waals surface area contributed by atoms with E-state index in [-0.39, 0.29) is 24.4 Å². The predicted molar refractivity (Wildman–Crippen MR) is 111 cm³/mol. The summed E-state index contributed by atoms with van der Waals surface area (Å²) in [6.45, 7) is 0.198. The second-order valence-electron chi connectivity index (χ2n) is 6.35. The molecule has 0 unspecified atom stereocenters. The zero-order valence-electron chi connectivity index (χ0n) is 15.5. The fourth-order valence-electron chi connectivity index (χ4n) is 2.76. The summed E-state index contributed by atoms with van der Waals surface area (Å²) in [4.78, 5) is 19.2. The quantitative estimate of drug-likeness (QED) is 0.560. The van der Waals surface area contributed by atoms with E-state index in [1.54, 1.807) is 35.8 Å². The summed E-state index contributed by atoms with van der Waals surface area (Å²) >= 11 is 1.20. The lowest BCUT2D eigenvalue weighted by atomic mass is 10.2. The Morgan fingerprint density at radius 1 is 1.24 bits per heavy atom. The number of carboxylic acid groups (broad SMARTS) is 1. The number of hydrogen-bond donors (Lipinski definition) is 2. The molecule has 0 radical (unpaired) electrons. The van der Waals surface area contributed by atoms with Gasteiger partial charge in [0.05, 0.1) is 24.1 Å². The third kappa shape index (κ3) is 5.30. The molecule has 0 amide bonds. The van der Waals surface area contributed by atoms with Gasteiger partial charge in [0.25, 0.3) is 0 Å². The standard InChI is InChI=1S/C19H19N3O5S2/c1-29(26,27)22(15-5-3-2-4-6-15)8-7-13-9-16(23)18(20-11-13)19-21-14(12-28-19)10-17(24)25/h2-6,9,11-12,23H,7-8,10H2,1H3,(H,24,25). The maximum Gasteiger partial charge on any atom is 0.309 e. The Hall–Kier alpha value is -2.98. The molecule has 8 nitrogen and oxygen atoms in total. The number of aliphatic carboxylic acids is 1. The second-order valence-corrected chi connectivity index (χ2v) is 9.11. The summed E-state index contributed by atoms with van der Waals surface area (Å²) in [5, 5.41) is 21.2. The molecule has 29 heavy (non-hydrogen) atoms. The van der Waals surface area contributed by atoms with E-state index in [0.29, 0.717) is 28.4 Å². The number of carboxylic acids is 1. The van der Waals surface area contributed by atoms with Crippen LogP contribution in [0.25, 0.3) is 10.7 Å². The minimum absolute atomic E-state index is 0.0932. The lowest BCUT2D eigenvalue weighted by molar-refractivity contribution is -0.136. The Labute approximate surface area is 172 Å². The molecule has 10 heteroatoms. The van der Waals surface area contributed by atoms with Gasteiger partial charge in [-0.15, -0.1) is 11.3 Å². The van der Waals surface area contributed by atoms with Gasteiger partial charge in [0.1, 0.15) is 16.5 Å². The highest BCUT2D eigenvalue weighted by molar-refractivity contribution is 7.92. The molecule has 2 aromatic heterocycles. The third-order valence-electron chi connectivity index (χ3n) is 4.06. The van der Waals surface area contributed by atoms with Crippen LogP contribution >= 0.6 is 11.3 Å². The highest BCUT2D eigenvalue weighted by Gasteiger charge is 2.18. The molecule has 1 aromatic carbocycles. The maximum absolute atomic E-state index is 12.2. The van der Waals surface area contributed by atoms with E-state index in [2.05, 4.69) is 9.97 Å². The number of rotatable bonds is 8. The van der Waals surface area contributed by atoms with E-state index < -0.39 is 16.0 Å². The molecule has 0 atom stereocenters. The molecule has 0 saturated carbocycles. The van der Waals surface area contributed by atoms with Crippen LogP contribution in [0, 0.1) is 0 Å². The van der Waals surface area contributed by atoms with E-state index >= 15 is 0 Å². The van der Waals surface area contributed by atoms with Crippen LogP contribution in [-0.2, 0) is 27.7 Å². The molecule has 0 fully saturated rings. The second kappa shape index (κ2) is 8.58. The zero-order valence-corrected chi connectivity index (χ0v) is 17.2. The summed E-state index contributed by atoms with van der Waals surface area (Å²) in [6.07, 6.45) is 2.86. The molecule has 2 N–H and O–H groups in total. The van der Waals surface area contributed by atoms with Crippen molar-refractivity contribution in [2.24, 2.45) is 0 Å². The predicted octanol–water partition coefficient (Wildman–Crippen LogP) is 2.55. The van der Waals surface area contributed by atoms with Crippen LogP contribution in [0.5, 0.6) is 5.75 Å². The molecule has 0 spiro atoms. The first-order chi connectivity index (χ1) is 13.7. The van der Waals surface area contributed by atoms with E-state index in [4.69, 9.17) is 5.11 Å². The normalized spacial score (nSPS) is 11.3. The number of hydrogen-bond acceptors (Lipinski definition) is 7. The number of sulfonamides is 1. The third-order valence-corrected chi connectivity index (χ3v) is 6.15. The molecule has 2 heterocycles. The molecule has 0 aliphatic carbocycles. The number of benzene rings is 1. The fourth-order valence-corrected chi connectivity index (χ4v) is 4.51. The lowest BCUT2D eigenvalue weighted by Gasteiger charge is -2.22. The average Bonchev–Trinajstić information content (AvgIpc) is 3.09. The molecule has 152 valence electrons. The molecular weight excluding hydrogens is 414 g/mol. The highest BCUT2D eigenvalue weighted by atomic mass is 32.2. The van der Waals surface area contributed by atoms with Crippen LogP contribution < -0.4 is 4.31 Å². The first-order valence-electron chi connectivity index (χ1n) is 8.61. The van der Waals surface area contributed by atoms with Crippen molar-refractivity contribution in [3.05, 3.63) is 59.2 Å². The minimum Gasteiger partial charge on any atom is -0.506 e. The van der Waals surface area contributed by atoms with E-state index in [0.717, 1.165) is 6.26 Å². The summed E-state index contributed by atoms with van der Waals surface area (Å²) in [5.41, 5.74) is 1.89. The largest absolute Gasteiger partial charge is 0.506 e. The minimum atomic E-state index is -3.46. The van der Waals surface area contributed by atoms with Crippen LogP contribution in [0.15, 0.2) is 48.0 Å². The number of aromatic nitrogens is 2. The lowest BCUT2D eigenvalue weighted by Crippen LogP contribution is -2.31. The summed E-state index contributed by atoms with van der Waals surface area (Å²) < 4.78 is 25.6. The first-order valence-corrected chi connectivity index (χ1v) is 11.3. The van der Waals surface area contributed by atoms with Gasteiger partial charge in [-0.1, -0.05) is 18.2 Å². The smallest absolute Gasteiger partial charge is 0.309 e. The summed E-state index contributed by atoms with van der Waals surface area (Å²) in [5.74, 6) is -1.08. The molecule has 0 aliphatic heterocycles.